The van der Waals surface area contributed by atoms with E-state index in [1.165, 1.54) is 16.1 Å². The summed E-state index contributed by atoms with van der Waals surface area (Å²) in [4.78, 5) is 12.8. The summed E-state index contributed by atoms with van der Waals surface area (Å²) in [6.07, 6.45) is 2.12. The molecule has 0 bridgehead atoms. The SMILES string of the molecule is CN(C)S(=O)(=O)C1Cc2nc(-c3cccc4[nH]ncc34)nc(N3CCOCC3)c2S1. The van der Waals surface area contributed by atoms with Crippen molar-refractivity contribution in [2.45, 2.75) is 15.9 Å². The van der Waals surface area contributed by atoms with E-state index in [1.807, 2.05) is 18.2 Å². The van der Waals surface area contributed by atoms with Crippen LogP contribution in [-0.2, 0) is 21.2 Å². The minimum Gasteiger partial charge on any atom is -0.378 e. The Balaban J connectivity index is 1.64. The Hall–Kier alpha value is -2.21. The molecular weight excluding hydrogens is 424 g/mol. The van der Waals surface area contributed by atoms with E-state index in [4.69, 9.17) is 14.7 Å². The highest BCUT2D eigenvalue weighted by molar-refractivity contribution is 8.13. The molecule has 0 aliphatic carbocycles. The maximum atomic E-state index is 12.8. The van der Waals surface area contributed by atoms with E-state index in [0.717, 1.165) is 32.9 Å². The first-order valence-electron chi connectivity index (χ1n) is 9.69. The van der Waals surface area contributed by atoms with Crippen LogP contribution < -0.4 is 4.90 Å². The molecule has 0 radical (unpaired) electrons. The molecule has 11 heteroatoms. The number of hydrogen-bond acceptors (Lipinski definition) is 8. The highest BCUT2D eigenvalue weighted by atomic mass is 32.3. The maximum Gasteiger partial charge on any atom is 0.226 e. The standard InChI is InChI=1S/C19H22N6O3S2/c1-24(2)30(26,27)16-10-15-17(29-16)19(25-6-8-28-9-7-25)22-18(21-15)12-4-3-5-14-13(12)11-20-23-14/h3-5,11,16H,6-10H2,1-2H3,(H,20,23). The van der Waals surface area contributed by atoms with Crippen molar-refractivity contribution in [2.75, 3.05) is 45.3 Å². The molecule has 1 unspecified atom stereocenters. The van der Waals surface area contributed by atoms with Crippen molar-refractivity contribution in [3.8, 4) is 11.4 Å². The Morgan fingerprint density at radius 1 is 1.23 bits per heavy atom. The van der Waals surface area contributed by atoms with Crippen LogP contribution in [0.3, 0.4) is 0 Å². The zero-order valence-electron chi connectivity index (χ0n) is 16.7. The molecule has 1 fully saturated rings. The second-order valence-electron chi connectivity index (χ2n) is 7.46. The van der Waals surface area contributed by atoms with Crippen molar-refractivity contribution in [1.29, 1.82) is 0 Å². The molecule has 2 aliphatic rings. The van der Waals surface area contributed by atoms with Gasteiger partial charge in [-0.25, -0.2) is 22.7 Å². The lowest BCUT2D eigenvalue weighted by Gasteiger charge is -2.29. The van der Waals surface area contributed by atoms with Gasteiger partial charge in [-0.15, -0.1) is 0 Å². The zero-order chi connectivity index (χ0) is 20.9. The molecule has 3 aromatic rings. The summed E-state index contributed by atoms with van der Waals surface area (Å²) in [5.41, 5.74) is 2.57. The fourth-order valence-corrected chi connectivity index (χ4v) is 6.93. The predicted molar refractivity (Wildman–Crippen MR) is 116 cm³/mol. The van der Waals surface area contributed by atoms with Gasteiger partial charge in [0.25, 0.3) is 0 Å². The lowest BCUT2D eigenvalue weighted by atomic mass is 10.1. The number of sulfonamides is 1. The first-order valence-corrected chi connectivity index (χ1v) is 12.1. The lowest BCUT2D eigenvalue weighted by molar-refractivity contribution is 0.122. The molecule has 4 heterocycles. The lowest BCUT2D eigenvalue weighted by Crippen LogP contribution is -2.37. The fraction of sp³-hybridized carbons (Fsp3) is 0.421. The van der Waals surface area contributed by atoms with Crippen LogP contribution in [0.5, 0.6) is 0 Å². The van der Waals surface area contributed by atoms with Gasteiger partial charge in [0.15, 0.2) is 5.82 Å². The fourth-order valence-electron chi connectivity index (χ4n) is 3.75. The number of aromatic amines is 1. The number of morpholine rings is 1. The molecule has 0 amide bonds. The Labute approximate surface area is 178 Å². The summed E-state index contributed by atoms with van der Waals surface area (Å²) in [6, 6.07) is 5.87. The van der Waals surface area contributed by atoms with Gasteiger partial charge in [0.1, 0.15) is 10.4 Å². The molecule has 1 aromatic carbocycles. The van der Waals surface area contributed by atoms with Crippen LogP contribution in [0, 0.1) is 0 Å². The Kier molecular flexibility index (Phi) is 4.92. The average Bonchev–Trinajstić information content (AvgIpc) is 3.40. The average molecular weight is 447 g/mol. The highest BCUT2D eigenvalue weighted by Crippen LogP contribution is 2.45. The van der Waals surface area contributed by atoms with Crippen LogP contribution in [-0.4, -0.2) is 77.9 Å². The number of benzene rings is 1. The maximum absolute atomic E-state index is 12.8. The molecule has 1 atom stereocenters. The predicted octanol–water partition coefficient (Wildman–Crippen LogP) is 1.72. The number of aromatic nitrogens is 4. The van der Waals surface area contributed by atoms with Gasteiger partial charge < -0.3 is 9.64 Å². The summed E-state index contributed by atoms with van der Waals surface area (Å²) < 4.78 is 31.8. The molecule has 1 N–H and O–H groups in total. The van der Waals surface area contributed by atoms with Crippen molar-refractivity contribution in [1.82, 2.24) is 24.5 Å². The van der Waals surface area contributed by atoms with Crippen molar-refractivity contribution in [2.24, 2.45) is 0 Å². The molecular formula is C19H22N6O3S2. The third-order valence-corrected chi connectivity index (χ3v) is 9.36. The number of rotatable bonds is 4. The number of fused-ring (bicyclic) bond motifs is 2. The normalized spacial score (nSPS) is 19.6. The summed E-state index contributed by atoms with van der Waals surface area (Å²) in [7, 11) is -0.289. The Morgan fingerprint density at radius 2 is 2.03 bits per heavy atom. The van der Waals surface area contributed by atoms with Gasteiger partial charge >= 0.3 is 0 Å². The molecule has 0 saturated carbocycles. The second-order valence-corrected chi connectivity index (χ2v) is 11.3. The monoisotopic (exact) mass is 446 g/mol. The van der Waals surface area contributed by atoms with Gasteiger partial charge in [-0.1, -0.05) is 23.9 Å². The van der Waals surface area contributed by atoms with Gasteiger partial charge in [-0.05, 0) is 6.07 Å². The molecule has 1 saturated heterocycles. The van der Waals surface area contributed by atoms with Crippen molar-refractivity contribution >= 4 is 38.5 Å². The topological polar surface area (TPSA) is 104 Å². The van der Waals surface area contributed by atoms with Gasteiger partial charge in [-0.2, -0.15) is 5.10 Å². The minimum absolute atomic E-state index is 0.356. The van der Waals surface area contributed by atoms with Gasteiger partial charge in [0.2, 0.25) is 10.0 Å². The number of anilines is 1. The smallest absolute Gasteiger partial charge is 0.226 e. The molecule has 0 spiro atoms. The van der Waals surface area contributed by atoms with Crippen LogP contribution in [0.2, 0.25) is 0 Å². The van der Waals surface area contributed by atoms with Crippen molar-refractivity contribution < 1.29 is 13.2 Å². The number of hydrogen-bond donors (Lipinski definition) is 1. The van der Waals surface area contributed by atoms with E-state index in [9.17, 15) is 8.42 Å². The molecule has 2 aliphatic heterocycles. The van der Waals surface area contributed by atoms with E-state index in [0.29, 0.717) is 38.5 Å². The first-order chi connectivity index (χ1) is 14.4. The summed E-state index contributed by atoms with van der Waals surface area (Å²) in [5, 5.41) is 8.06. The van der Waals surface area contributed by atoms with Gasteiger partial charge in [-0.3, -0.25) is 5.10 Å². The van der Waals surface area contributed by atoms with Gasteiger partial charge in [0.05, 0.1) is 35.5 Å². The number of ether oxygens (including phenoxy) is 1. The van der Waals surface area contributed by atoms with Gasteiger partial charge in [0, 0.05) is 44.6 Å². The van der Waals surface area contributed by atoms with E-state index in [2.05, 4.69) is 15.1 Å². The number of nitrogens with zero attached hydrogens (tertiary/aromatic N) is 5. The number of nitrogens with one attached hydrogen (secondary N) is 1. The first kappa shape index (κ1) is 19.7. The van der Waals surface area contributed by atoms with E-state index >= 15 is 0 Å². The van der Waals surface area contributed by atoms with Crippen molar-refractivity contribution in [3.63, 3.8) is 0 Å². The van der Waals surface area contributed by atoms with Crippen LogP contribution >= 0.6 is 11.8 Å². The summed E-state index contributed by atoms with van der Waals surface area (Å²) in [5.74, 6) is 1.38. The highest BCUT2D eigenvalue weighted by Gasteiger charge is 2.39. The second kappa shape index (κ2) is 7.49. The Bertz CT molecular complexity index is 1200. The van der Waals surface area contributed by atoms with E-state index in [1.54, 1.807) is 20.3 Å². The van der Waals surface area contributed by atoms with Crippen LogP contribution in [0.25, 0.3) is 22.3 Å². The van der Waals surface area contributed by atoms with E-state index < -0.39 is 14.6 Å². The van der Waals surface area contributed by atoms with Crippen LogP contribution in [0.4, 0.5) is 5.82 Å². The quantitative estimate of drug-likeness (QED) is 0.646. The molecule has 158 valence electrons. The zero-order valence-corrected chi connectivity index (χ0v) is 18.3. The molecule has 9 nitrogen and oxygen atoms in total. The number of thioether (sulfide) groups is 1. The van der Waals surface area contributed by atoms with Crippen LogP contribution in [0.15, 0.2) is 29.3 Å². The summed E-state index contributed by atoms with van der Waals surface area (Å²) in [6.45, 7) is 2.67. The molecule has 5 rings (SSSR count). The van der Waals surface area contributed by atoms with Crippen LogP contribution in [0.1, 0.15) is 5.69 Å². The largest absolute Gasteiger partial charge is 0.378 e. The Morgan fingerprint density at radius 3 is 2.80 bits per heavy atom. The van der Waals surface area contributed by atoms with E-state index in [-0.39, 0.29) is 0 Å². The van der Waals surface area contributed by atoms with Crippen molar-refractivity contribution in [3.05, 3.63) is 30.1 Å². The molecule has 30 heavy (non-hydrogen) atoms. The third kappa shape index (κ3) is 3.25. The summed E-state index contributed by atoms with van der Waals surface area (Å²) >= 11 is 1.35. The number of H-pyrrole nitrogens is 1. The minimum atomic E-state index is -3.42. The molecule has 2 aromatic heterocycles. The third-order valence-electron chi connectivity index (χ3n) is 5.40.